The van der Waals surface area contributed by atoms with E-state index in [-0.39, 0.29) is 51.8 Å². The van der Waals surface area contributed by atoms with E-state index in [4.69, 9.17) is 5.11 Å². The van der Waals surface area contributed by atoms with Crippen LogP contribution in [0.4, 0.5) is 23.8 Å². The summed E-state index contributed by atoms with van der Waals surface area (Å²) in [6.07, 6.45) is 4.23. The lowest BCUT2D eigenvalue weighted by molar-refractivity contribution is -0.511. The predicted molar refractivity (Wildman–Crippen MR) is 129 cm³/mol. The van der Waals surface area contributed by atoms with E-state index >= 15 is 0 Å². The van der Waals surface area contributed by atoms with Crippen LogP contribution in [0, 0.1) is 24.4 Å². The Labute approximate surface area is 212 Å². The standard InChI is InChI=1S/C24H21F3N6O3S/c1-11-19(27)22(32-21(29-11)17-8-28-20-16(17)5-13(25)6-18(20)26)30-14-3-2-4-15(7-14)31-23(34)12-9-33(24(35)36)37-10-12/h5-6,8-10,14-15H,2-4,7H2,1H3,(H3-,28,29,30,31,32,34,35,36)/p+1/t14-,15+/m0/s1. The Morgan fingerprint density at radius 2 is 1.97 bits per heavy atom. The molecule has 1 amide bonds. The molecule has 5 rings (SSSR count). The molecule has 0 radical (unpaired) electrons. The summed E-state index contributed by atoms with van der Waals surface area (Å²) in [6, 6.07) is 1.52. The summed E-state index contributed by atoms with van der Waals surface area (Å²) in [7, 11) is 0. The highest BCUT2D eigenvalue weighted by Crippen LogP contribution is 2.31. The van der Waals surface area contributed by atoms with Gasteiger partial charge in [-0.1, -0.05) is 0 Å². The van der Waals surface area contributed by atoms with Crippen molar-refractivity contribution < 1.29 is 31.8 Å². The molecule has 0 aliphatic heterocycles. The third kappa shape index (κ3) is 4.99. The minimum atomic E-state index is -1.17. The van der Waals surface area contributed by atoms with E-state index < -0.39 is 23.5 Å². The SMILES string of the molecule is Cc1nc(-c2c[nH]c3c(F)cc(F)cc23)nc(N[C@H]2CCC[C@@H](NC(=O)c3cs[n+](C(=O)O)c3)C2)c1F. The van der Waals surface area contributed by atoms with Crippen LogP contribution in [0.5, 0.6) is 0 Å². The number of nitrogens with zero attached hydrogens (tertiary/aromatic N) is 3. The number of nitrogens with one attached hydrogen (secondary N) is 3. The Hall–Kier alpha value is -4.00. The van der Waals surface area contributed by atoms with Crippen molar-refractivity contribution in [2.45, 2.75) is 44.7 Å². The summed E-state index contributed by atoms with van der Waals surface area (Å²) in [5, 5.41) is 16.8. The zero-order chi connectivity index (χ0) is 26.3. The zero-order valence-corrected chi connectivity index (χ0v) is 20.3. The first-order valence-electron chi connectivity index (χ1n) is 11.5. The molecule has 1 aromatic carbocycles. The number of hydrogen-bond donors (Lipinski definition) is 4. The van der Waals surface area contributed by atoms with Gasteiger partial charge in [-0.25, -0.2) is 23.1 Å². The average Bonchev–Trinajstić information content (AvgIpc) is 3.50. The highest BCUT2D eigenvalue weighted by molar-refractivity contribution is 7.00. The van der Waals surface area contributed by atoms with Gasteiger partial charge in [0, 0.05) is 35.3 Å². The molecule has 13 heteroatoms. The van der Waals surface area contributed by atoms with Crippen LogP contribution in [0.3, 0.4) is 0 Å². The van der Waals surface area contributed by atoms with E-state index in [1.807, 2.05) is 0 Å². The number of benzene rings is 1. The summed E-state index contributed by atoms with van der Waals surface area (Å²) >= 11 is 0.900. The molecular formula is C24H22F3N6O3S+. The number of carboxylic acid groups (broad SMARTS) is 1. The lowest BCUT2D eigenvalue weighted by atomic mass is 9.90. The molecule has 1 aliphatic rings. The van der Waals surface area contributed by atoms with Crippen LogP contribution in [0.2, 0.25) is 0 Å². The third-order valence-electron chi connectivity index (χ3n) is 6.31. The number of halogens is 3. The van der Waals surface area contributed by atoms with Crippen molar-refractivity contribution in [3.8, 4) is 11.4 Å². The quantitative estimate of drug-likeness (QED) is 0.284. The summed E-state index contributed by atoms with van der Waals surface area (Å²) in [5.74, 6) is -2.45. The van der Waals surface area contributed by atoms with Gasteiger partial charge in [-0.2, -0.15) is 4.79 Å². The summed E-state index contributed by atoms with van der Waals surface area (Å²) in [4.78, 5) is 34.9. The van der Waals surface area contributed by atoms with Crippen molar-refractivity contribution in [2.24, 2.45) is 0 Å². The first-order valence-corrected chi connectivity index (χ1v) is 12.3. The van der Waals surface area contributed by atoms with Crippen LogP contribution in [0.1, 0.15) is 41.7 Å². The van der Waals surface area contributed by atoms with Crippen molar-refractivity contribution in [1.82, 2.24) is 20.3 Å². The third-order valence-corrected chi connectivity index (χ3v) is 7.16. The van der Waals surface area contributed by atoms with Crippen molar-refractivity contribution >= 4 is 40.3 Å². The van der Waals surface area contributed by atoms with Crippen LogP contribution < -0.4 is 14.6 Å². The number of carbonyl (C=O) groups is 2. The average molecular weight is 532 g/mol. The van der Waals surface area contributed by atoms with Crippen molar-refractivity contribution in [1.29, 1.82) is 0 Å². The first-order chi connectivity index (χ1) is 17.7. The summed E-state index contributed by atoms with van der Waals surface area (Å²) < 4.78 is 43.9. The molecule has 1 saturated carbocycles. The second-order valence-electron chi connectivity index (χ2n) is 8.90. The van der Waals surface area contributed by atoms with Gasteiger partial charge in [0.15, 0.2) is 17.5 Å². The zero-order valence-electron chi connectivity index (χ0n) is 19.5. The highest BCUT2D eigenvalue weighted by Gasteiger charge is 2.27. The fourth-order valence-electron chi connectivity index (χ4n) is 4.54. The number of aryl methyl sites for hydroxylation is 1. The first kappa shape index (κ1) is 24.7. The highest BCUT2D eigenvalue weighted by atomic mass is 32.1. The van der Waals surface area contributed by atoms with E-state index in [9.17, 15) is 22.8 Å². The fraction of sp³-hybridized carbons (Fsp3) is 0.292. The molecule has 192 valence electrons. The molecule has 0 unspecified atom stereocenters. The van der Waals surface area contributed by atoms with Crippen LogP contribution in [0.15, 0.2) is 29.9 Å². The van der Waals surface area contributed by atoms with Gasteiger partial charge in [0.2, 0.25) is 6.20 Å². The molecule has 9 nitrogen and oxygen atoms in total. The Bertz CT molecular complexity index is 1520. The molecule has 3 heterocycles. The van der Waals surface area contributed by atoms with E-state index in [2.05, 4.69) is 25.6 Å². The van der Waals surface area contributed by atoms with Crippen molar-refractivity contribution in [3.05, 3.63) is 58.6 Å². The van der Waals surface area contributed by atoms with E-state index in [1.54, 1.807) is 0 Å². The lowest BCUT2D eigenvalue weighted by Crippen LogP contribution is -2.42. The van der Waals surface area contributed by atoms with Gasteiger partial charge in [-0.05, 0) is 42.6 Å². The second kappa shape index (κ2) is 9.81. The van der Waals surface area contributed by atoms with Crippen molar-refractivity contribution in [3.63, 3.8) is 0 Å². The van der Waals surface area contributed by atoms with Gasteiger partial charge >= 0.3 is 6.09 Å². The Morgan fingerprint density at radius 1 is 1.19 bits per heavy atom. The molecule has 3 aromatic heterocycles. The topological polar surface area (TPSA) is 124 Å². The van der Waals surface area contributed by atoms with Gasteiger partial charge in [-0.15, -0.1) is 0 Å². The molecule has 37 heavy (non-hydrogen) atoms. The molecule has 1 fully saturated rings. The molecular weight excluding hydrogens is 509 g/mol. The number of fused-ring (bicyclic) bond motifs is 1. The Morgan fingerprint density at radius 3 is 2.73 bits per heavy atom. The fourth-order valence-corrected chi connectivity index (χ4v) is 5.20. The normalized spacial score (nSPS) is 17.6. The maximum absolute atomic E-state index is 15.0. The number of hydrogen-bond acceptors (Lipinski definition) is 6. The molecule has 0 bridgehead atoms. The number of carbonyl (C=O) groups excluding carboxylic acids is 1. The predicted octanol–water partition coefficient (Wildman–Crippen LogP) is 4.38. The van der Waals surface area contributed by atoms with Gasteiger partial charge < -0.3 is 20.7 Å². The number of amides is 1. The van der Waals surface area contributed by atoms with E-state index in [0.717, 1.165) is 34.4 Å². The molecule has 4 aromatic rings. The van der Waals surface area contributed by atoms with Crippen LogP contribution >= 0.6 is 11.5 Å². The largest absolute Gasteiger partial charge is 0.613 e. The monoisotopic (exact) mass is 531 g/mol. The van der Waals surface area contributed by atoms with Gasteiger partial charge in [0.1, 0.15) is 28.7 Å². The molecule has 2 atom stereocenters. The van der Waals surface area contributed by atoms with Crippen LogP contribution in [-0.4, -0.2) is 44.1 Å². The van der Waals surface area contributed by atoms with Crippen LogP contribution in [0.25, 0.3) is 22.3 Å². The number of aromatic nitrogens is 4. The molecule has 0 spiro atoms. The van der Waals surface area contributed by atoms with Gasteiger partial charge in [-0.3, -0.25) is 4.79 Å². The number of H-pyrrole nitrogens is 1. The molecule has 0 saturated heterocycles. The molecule has 4 N–H and O–H groups in total. The maximum atomic E-state index is 15.0. The second-order valence-corrected chi connectivity index (χ2v) is 9.74. The Kier molecular flexibility index (Phi) is 6.54. The molecule has 1 aliphatic carbocycles. The maximum Gasteiger partial charge on any atom is 0.613 e. The van der Waals surface area contributed by atoms with Gasteiger partial charge in [0.25, 0.3) is 5.91 Å². The Balaban J connectivity index is 1.34. The summed E-state index contributed by atoms with van der Waals surface area (Å²) in [6.45, 7) is 1.48. The lowest BCUT2D eigenvalue weighted by Gasteiger charge is -2.30. The van der Waals surface area contributed by atoms with Gasteiger partial charge in [0.05, 0.1) is 16.6 Å². The van der Waals surface area contributed by atoms with Crippen LogP contribution in [-0.2, 0) is 0 Å². The smallest absolute Gasteiger partial charge is 0.426 e. The van der Waals surface area contributed by atoms with E-state index in [0.29, 0.717) is 18.4 Å². The number of aromatic amines is 1. The van der Waals surface area contributed by atoms with Crippen molar-refractivity contribution in [2.75, 3.05) is 5.32 Å². The van der Waals surface area contributed by atoms with E-state index in [1.165, 1.54) is 30.8 Å². The minimum Gasteiger partial charge on any atom is -0.426 e. The number of rotatable bonds is 5. The number of anilines is 1. The minimum absolute atomic E-state index is 0.0361. The summed E-state index contributed by atoms with van der Waals surface area (Å²) in [5.41, 5.74) is 0.754.